The fourth-order valence-corrected chi connectivity index (χ4v) is 3.66. The van der Waals surface area contributed by atoms with Crippen LogP contribution in [0.2, 0.25) is 0 Å². The number of nitrogens with zero attached hydrogens (tertiary/aromatic N) is 1. The maximum absolute atomic E-state index is 12.8. The second kappa shape index (κ2) is 7.94. The zero-order chi connectivity index (χ0) is 18.7. The van der Waals surface area contributed by atoms with Crippen LogP contribution in [-0.4, -0.2) is 23.1 Å². The van der Waals surface area contributed by atoms with Crippen LogP contribution in [0.25, 0.3) is 0 Å². The molecule has 4 bridgehead atoms. The molecule has 26 heavy (non-hydrogen) atoms. The predicted octanol–water partition coefficient (Wildman–Crippen LogP) is 5.19. The molecule has 0 N–H and O–H groups in total. The third kappa shape index (κ3) is 4.27. The Morgan fingerprint density at radius 2 is 1.31 bits per heavy atom. The molecule has 0 aliphatic heterocycles. The fraction of sp³-hybridized carbons (Fsp3) is 0.435. The summed E-state index contributed by atoms with van der Waals surface area (Å²) in [6.45, 7) is 8.09. The number of hydrogen-bond acceptors (Lipinski definition) is 2. The number of amides is 1. The van der Waals surface area contributed by atoms with Crippen molar-refractivity contribution < 1.29 is 9.53 Å². The molecule has 0 spiro atoms. The van der Waals surface area contributed by atoms with Crippen molar-refractivity contribution in [2.45, 2.75) is 65.5 Å². The molecule has 4 aliphatic carbocycles. The van der Waals surface area contributed by atoms with Crippen LogP contribution in [0.3, 0.4) is 0 Å². The summed E-state index contributed by atoms with van der Waals surface area (Å²) in [5.41, 5.74) is 4.98. The molecule has 4 aliphatic rings. The number of benzene rings is 2. The molecule has 0 unspecified atom stereocenters. The van der Waals surface area contributed by atoms with Crippen LogP contribution in [0.15, 0.2) is 42.5 Å². The Labute approximate surface area is 157 Å². The number of aryl methyl sites for hydroxylation is 4. The van der Waals surface area contributed by atoms with Crippen molar-refractivity contribution in [2.24, 2.45) is 0 Å². The minimum absolute atomic E-state index is 0.109. The normalized spacial score (nSPS) is 13.6. The molecule has 2 aromatic carbocycles. The zero-order valence-corrected chi connectivity index (χ0v) is 16.3. The first-order chi connectivity index (χ1) is 12.4. The van der Waals surface area contributed by atoms with Crippen molar-refractivity contribution in [3.05, 3.63) is 64.7 Å². The van der Waals surface area contributed by atoms with E-state index in [0.29, 0.717) is 5.75 Å². The van der Waals surface area contributed by atoms with Crippen LogP contribution in [0.1, 0.15) is 49.9 Å². The summed E-state index contributed by atoms with van der Waals surface area (Å²) < 4.78 is 5.88. The van der Waals surface area contributed by atoms with Gasteiger partial charge in [-0.2, -0.15) is 0 Å². The molecule has 0 heterocycles. The molecule has 6 rings (SSSR count). The van der Waals surface area contributed by atoms with Crippen LogP contribution in [0, 0.1) is 0 Å². The Kier molecular flexibility index (Phi) is 5.65. The van der Waals surface area contributed by atoms with Gasteiger partial charge in [-0.25, -0.2) is 4.79 Å². The van der Waals surface area contributed by atoms with Gasteiger partial charge in [0.2, 0.25) is 0 Å². The summed E-state index contributed by atoms with van der Waals surface area (Å²) in [6, 6.07) is 15.5. The third-order valence-electron chi connectivity index (χ3n) is 5.06. The van der Waals surface area contributed by atoms with Crippen molar-refractivity contribution in [2.75, 3.05) is 0 Å². The van der Waals surface area contributed by atoms with E-state index < -0.39 is 0 Å². The average molecular weight is 351 g/mol. The number of hydrogen-bond donors (Lipinski definition) is 0. The van der Waals surface area contributed by atoms with Gasteiger partial charge in [0.05, 0.1) is 0 Å². The molecule has 0 atom stereocenters. The Bertz CT molecular complexity index is 754. The van der Waals surface area contributed by atoms with Crippen LogP contribution in [0.5, 0.6) is 5.75 Å². The molecular formula is C23H29NO2. The SMILES string of the molecule is CC(C)N(C(=O)Oc1cc2ccc1CCc1ccc(cc1)CC2)C(C)C. The summed E-state index contributed by atoms with van der Waals surface area (Å²) in [5.74, 6) is 0.716. The van der Waals surface area contributed by atoms with E-state index in [1.54, 1.807) is 4.90 Å². The van der Waals surface area contributed by atoms with Crippen molar-refractivity contribution in [1.82, 2.24) is 4.90 Å². The summed E-state index contributed by atoms with van der Waals surface area (Å²) >= 11 is 0. The minimum Gasteiger partial charge on any atom is -0.410 e. The quantitative estimate of drug-likeness (QED) is 0.762. The number of rotatable bonds is 3. The van der Waals surface area contributed by atoms with E-state index in [4.69, 9.17) is 4.74 Å². The van der Waals surface area contributed by atoms with Gasteiger partial charge in [-0.05, 0) is 81.7 Å². The van der Waals surface area contributed by atoms with Crippen LogP contribution >= 0.6 is 0 Å². The summed E-state index contributed by atoms with van der Waals surface area (Å²) in [5, 5.41) is 0. The lowest BCUT2D eigenvalue weighted by Crippen LogP contribution is -2.43. The summed E-state index contributed by atoms with van der Waals surface area (Å²) in [6.07, 6.45) is 3.50. The highest BCUT2D eigenvalue weighted by Crippen LogP contribution is 2.26. The highest BCUT2D eigenvalue weighted by atomic mass is 16.6. The number of carbonyl (C=O) groups excluding carboxylic acids is 1. The van der Waals surface area contributed by atoms with E-state index in [9.17, 15) is 4.79 Å². The Morgan fingerprint density at radius 3 is 1.88 bits per heavy atom. The van der Waals surface area contributed by atoms with Crippen molar-refractivity contribution >= 4 is 6.09 Å². The van der Waals surface area contributed by atoms with Gasteiger partial charge in [-0.15, -0.1) is 0 Å². The molecule has 3 heteroatoms. The molecular weight excluding hydrogens is 322 g/mol. The molecule has 138 valence electrons. The van der Waals surface area contributed by atoms with Gasteiger partial charge in [0.15, 0.2) is 0 Å². The Hall–Kier alpha value is -2.29. The molecule has 1 amide bonds. The first-order valence-corrected chi connectivity index (χ1v) is 9.64. The van der Waals surface area contributed by atoms with E-state index in [-0.39, 0.29) is 18.2 Å². The van der Waals surface area contributed by atoms with Gasteiger partial charge in [0, 0.05) is 12.1 Å². The molecule has 0 radical (unpaired) electrons. The molecule has 0 saturated heterocycles. The molecule has 0 saturated carbocycles. The van der Waals surface area contributed by atoms with Crippen LogP contribution in [0.4, 0.5) is 4.79 Å². The smallest absolute Gasteiger partial charge is 0.410 e. The zero-order valence-electron chi connectivity index (χ0n) is 16.3. The topological polar surface area (TPSA) is 29.5 Å². The van der Waals surface area contributed by atoms with Gasteiger partial charge >= 0.3 is 6.09 Å². The molecule has 3 nitrogen and oxygen atoms in total. The first kappa shape index (κ1) is 18.5. The fourth-order valence-electron chi connectivity index (χ4n) is 3.66. The first-order valence-electron chi connectivity index (χ1n) is 9.64. The van der Waals surface area contributed by atoms with Gasteiger partial charge in [0.1, 0.15) is 5.75 Å². The number of ether oxygens (including phenoxy) is 1. The summed E-state index contributed by atoms with van der Waals surface area (Å²) in [4.78, 5) is 14.5. The van der Waals surface area contributed by atoms with Gasteiger partial charge in [0.25, 0.3) is 0 Å². The Morgan fingerprint density at radius 1 is 0.808 bits per heavy atom. The lowest BCUT2D eigenvalue weighted by molar-refractivity contribution is 0.122. The van der Waals surface area contributed by atoms with Crippen LogP contribution in [-0.2, 0) is 25.7 Å². The Balaban J connectivity index is 1.87. The molecule has 0 fully saturated rings. The van der Waals surface area contributed by atoms with Gasteiger partial charge in [-0.3, -0.25) is 0 Å². The van der Waals surface area contributed by atoms with Gasteiger partial charge < -0.3 is 9.64 Å². The standard InChI is InChI=1S/C23H29NO2/c1-16(2)24(17(3)4)23(25)26-22-15-20-10-9-18-5-7-19(8-6-18)11-13-21(22)14-12-20/h5-8,12,14-17H,9-11,13H2,1-4H3. The monoisotopic (exact) mass is 351 g/mol. The van der Waals surface area contributed by atoms with Crippen molar-refractivity contribution in [1.29, 1.82) is 0 Å². The van der Waals surface area contributed by atoms with Crippen molar-refractivity contribution in [3.8, 4) is 5.75 Å². The molecule has 0 aromatic heterocycles. The maximum atomic E-state index is 12.8. The predicted molar refractivity (Wildman–Crippen MR) is 106 cm³/mol. The largest absolute Gasteiger partial charge is 0.415 e. The third-order valence-corrected chi connectivity index (χ3v) is 5.06. The second-order valence-electron chi connectivity index (χ2n) is 7.72. The lowest BCUT2D eigenvalue weighted by atomic mass is 9.96. The van der Waals surface area contributed by atoms with E-state index in [0.717, 1.165) is 31.2 Å². The van der Waals surface area contributed by atoms with E-state index >= 15 is 0 Å². The number of carbonyl (C=O) groups is 1. The maximum Gasteiger partial charge on any atom is 0.415 e. The lowest BCUT2D eigenvalue weighted by Gasteiger charge is -2.30. The highest BCUT2D eigenvalue weighted by molar-refractivity contribution is 5.72. The summed E-state index contributed by atoms with van der Waals surface area (Å²) in [7, 11) is 0. The average Bonchev–Trinajstić information content (AvgIpc) is 2.57. The highest BCUT2D eigenvalue weighted by Gasteiger charge is 2.23. The second-order valence-corrected chi connectivity index (χ2v) is 7.72. The van der Waals surface area contributed by atoms with Crippen LogP contribution < -0.4 is 4.74 Å². The van der Waals surface area contributed by atoms with E-state index in [1.165, 1.54) is 16.7 Å². The van der Waals surface area contributed by atoms with Gasteiger partial charge in [-0.1, -0.05) is 36.4 Å². The van der Waals surface area contributed by atoms with E-state index in [2.05, 4.69) is 42.5 Å². The molecule has 2 aromatic rings. The minimum atomic E-state index is -0.260. The van der Waals surface area contributed by atoms with E-state index in [1.807, 2.05) is 27.7 Å². The van der Waals surface area contributed by atoms with Crippen molar-refractivity contribution in [3.63, 3.8) is 0 Å².